The van der Waals surface area contributed by atoms with E-state index in [0.717, 1.165) is 68.3 Å². The molecule has 5 aliphatic rings. The van der Waals surface area contributed by atoms with Crippen molar-refractivity contribution in [1.29, 1.82) is 0 Å². The lowest BCUT2D eigenvalue weighted by Gasteiger charge is -2.22. The van der Waals surface area contributed by atoms with Crippen LogP contribution in [0.5, 0.6) is 0 Å². The summed E-state index contributed by atoms with van der Waals surface area (Å²) in [5, 5.41) is 12.1. The van der Waals surface area contributed by atoms with Gasteiger partial charge in [0.25, 0.3) is 0 Å². The molecule has 10 heterocycles. The van der Waals surface area contributed by atoms with E-state index < -0.39 is 41.5 Å². The van der Waals surface area contributed by atoms with Crippen LogP contribution in [0.15, 0.2) is 262 Å². The number of aryl methyl sites for hydroxylation is 5. The lowest BCUT2D eigenvalue weighted by Crippen LogP contribution is -2.16. The van der Waals surface area contributed by atoms with E-state index in [1.165, 1.54) is 30.3 Å². The molecule has 15 aromatic rings. The van der Waals surface area contributed by atoms with Gasteiger partial charge >= 0.3 is 5.97 Å². The van der Waals surface area contributed by atoms with Gasteiger partial charge in [0.15, 0.2) is 5.69 Å². The molecule has 118 heavy (non-hydrogen) atoms. The Morgan fingerprint density at radius 3 is 1.21 bits per heavy atom. The van der Waals surface area contributed by atoms with Crippen molar-refractivity contribution in [3.63, 3.8) is 0 Å². The van der Waals surface area contributed by atoms with Crippen LogP contribution >= 0.6 is 58.0 Å². The van der Waals surface area contributed by atoms with Crippen molar-refractivity contribution in [3.05, 3.63) is 410 Å². The first-order chi connectivity index (χ1) is 57.1. The number of imidazole rings is 5. The lowest BCUT2D eigenvalue weighted by atomic mass is 9.97. The SMILES string of the molecule is Cc1nc(C(=O)O)c2n1-c1ccc(Cl)cc1C(c1ccccc1F)=NC2.Cc1ncc2n1-c1ccc(Cl)cc1C(c1ccccc1F)=NC2.Cc1ncc2n1-c1ccc(Cl)cc1C(c1ccccc1F)=NC2C1N=C(c2ccccc2F)c2cc(Cl)ccc2-n2c1cnc2C.Cc1ncc2n1-c1ccc(Cl)cc1C(c1ccccc1F)N=C2. The molecule has 5 aliphatic heterocycles. The Balaban J connectivity index is 0.000000119. The number of aromatic carboxylic acids is 1. The van der Waals surface area contributed by atoms with Crippen molar-refractivity contribution < 1.29 is 31.9 Å². The first-order valence-electron chi connectivity index (χ1n) is 37.1. The molecule has 0 saturated heterocycles. The van der Waals surface area contributed by atoms with Crippen LogP contribution < -0.4 is 0 Å². The summed E-state index contributed by atoms with van der Waals surface area (Å²) in [5.41, 5.74) is 15.1. The first kappa shape index (κ1) is 77.7. The maximum atomic E-state index is 15.6. The van der Waals surface area contributed by atoms with Crippen molar-refractivity contribution in [2.45, 2.75) is 65.8 Å². The van der Waals surface area contributed by atoms with Gasteiger partial charge in [0, 0.05) is 87.0 Å². The predicted octanol–water partition coefficient (Wildman–Crippen LogP) is 21.6. The maximum absolute atomic E-state index is 15.6. The zero-order valence-electron chi connectivity index (χ0n) is 63.1. The molecule has 0 spiro atoms. The van der Waals surface area contributed by atoms with Crippen molar-refractivity contribution in [3.8, 4) is 28.4 Å². The monoisotopic (exact) mass is 1670 g/mol. The van der Waals surface area contributed by atoms with Crippen LogP contribution in [0.2, 0.25) is 25.1 Å². The Bertz CT molecular complexity index is 6610. The highest BCUT2D eigenvalue weighted by Crippen LogP contribution is 2.46. The van der Waals surface area contributed by atoms with Crippen LogP contribution in [0.25, 0.3) is 28.4 Å². The summed E-state index contributed by atoms with van der Waals surface area (Å²) in [4.78, 5) is 58.3. The Hall–Kier alpha value is -12.8. The highest BCUT2D eigenvalue weighted by molar-refractivity contribution is 6.33. The van der Waals surface area contributed by atoms with Gasteiger partial charge in [0.2, 0.25) is 0 Å². The zero-order valence-corrected chi connectivity index (χ0v) is 66.9. The minimum atomic E-state index is -1.12. The van der Waals surface area contributed by atoms with Gasteiger partial charge in [0.1, 0.15) is 76.3 Å². The zero-order chi connectivity index (χ0) is 82.1. The minimum absolute atomic E-state index is 0.0538. The van der Waals surface area contributed by atoms with E-state index in [1.54, 1.807) is 158 Å². The van der Waals surface area contributed by atoms with Crippen molar-refractivity contribution in [2.24, 2.45) is 25.0 Å². The van der Waals surface area contributed by atoms with Crippen molar-refractivity contribution in [2.75, 3.05) is 0 Å². The number of aromatic nitrogens is 10. The second-order valence-electron chi connectivity index (χ2n) is 28.1. The highest BCUT2D eigenvalue weighted by atomic mass is 35.5. The van der Waals surface area contributed by atoms with Gasteiger partial charge in [0.05, 0.1) is 118 Å². The Morgan fingerprint density at radius 1 is 0.373 bits per heavy atom. The van der Waals surface area contributed by atoms with Gasteiger partial charge in [-0.3, -0.25) is 47.8 Å². The molecular formula is C91H63Cl5F5N15O2. The van der Waals surface area contributed by atoms with Gasteiger partial charge in [-0.25, -0.2) is 51.7 Å². The average molecular weight is 1670 g/mol. The third-order valence-corrected chi connectivity index (χ3v) is 22.1. The number of carbonyl (C=O) groups is 1. The fourth-order valence-corrected chi connectivity index (χ4v) is 16.5. The number of carboxylic acids is 1. The number of hydrogen-bond donors (Lipinski definition) is 1. The van der Waals surface area contributed by atoms with Crippen molar-refractivity contribution >= 4 is 93.0 Å². The quantitative estimate of drug-likeness (QED) is 0.154. The van der Waals surface area contributed by atoms with E-state index in [4.69, 9.17) is 68.0 Å². The summed E-state index contributed by atoms with van der Waals surface area (Å²) in [6.07, 6.45) is 8.85. The van der Waals surface area contributed by atoms with E-state index in [9.17, 15) is 23.1 Å². The lowest BCUT2D eigenvalue weighted by molar-refractivity contribution is 0.0689. The minimum Gasteiger partial charge on any atom is -0.476 e. The highest BCUT2D eigenvalue weighted by Gasteiger charge is 2.39. The van der Waals surface area contributed by atoms with E-state index >= 15 is 8.78 Å². The summed E-state index contributed by atoms with van der Waals surface area (Å²) in [7, 11) is 0. The molecule has 10 aromatic carbocycles. The summed E-state index contributed by atoms with van der Waals surface area (Å²) in [6.45, 7) is 9.91. The number of nitrogens with zero attached hydrogens (tertiary/aromatic N) is 15. The molecule has 0 saturated carbocycles. The summed E-state index contributed by atoms with van der Waals surface area (Å²) in [5.74, 6) is 0.710. The van der Waals surface area contributed by atoms with Gasteiger partial charge in [-0.15, -0.1) is 0 Å². The third kappa shape index (κ3) is 14.3. The molecular weight excluding hydrogens is 1610 g/mol. The molecule has 17 nitrogen and oxygen atoms in total. The van der Waals surface area contributed by atoms with Crippen LogP contribution in [0, 0.1) is 63.7 Å². The molecule has 0 radical (unpaired) electrons. The molecule has 27 heteroatoms. The van der Waals surface area contributed by atoms with Gasteiger partial charge in [-0.2, -0.15) is 0 Å². The number of benzene rings is 10. The second-order valence-corrected chi connectivity index (χ2v) is 30.3. The molecule has 0 fully saturated rings. The molecule has 3 unspecified atom stereocenters. The maximum Gasteiger partial charge on any atom is 0.356 e. The van der Waals surface area contributed by atoms with E-state index in [2.05, 4.69) is 39.9 Å². The Morgan fingerprint density at radius 2 is 0.746 bits per heavy atom. The van der Waals surface area contributed by atoms with E-state index in [-0.39, 0.29) is 23.9 Å². The normalized spacial score (nSPS) is 15.0. The summed E-state index contributed by atoms with van der Waals surface area (Å²) < 4.78 is 84.1. The first-order valence-corrected chi connectivity index (χ1v) is 39.0. The second kappa shape index (κ2) is 32.0. The molecule has 584 valence electrons. The Labute approximate surface area is 697 Å². The number of rotatable bonds is 7. The number of hydrogen-bond acceptors (Lipinski definition) is 11. The Kier molecular flexibility index (Phi) is 21.1. The fraction of sp³-hybridized carbons (Fsp3) is 0.110. The topological polar surface area (TPSA) is 188 Å². The number of carboxylic acid groups (broad SMARTS) is 1. The molecule has 0 aliphatic carbocycles. The van der Waals surface area contributed by atoms with E-state index in [0.29, 0.717) is 128 Å². The third-order valence-electron chi connectivity index (χ3n) is 20.9. The number of fused-ring (bicyclic) bond motifs is 15. The van der Waals surface area contributed by atoms with E-state index in [1.807, 2.05) is 113 Å². The summed E-state index contributed by atoms with van der Waals surface area (Å²) in [6, 6.07) is 58.2. The van der Waals surface area contributed by atoms with Crippen LogP contribution in [0.3, 0.4) is 0 Å². The molecule has 0 bridgehead atoms. The van der Waals surface area contributed by atoms with Gasteiger partial charge in [-0.1, -0.05) is 125 Å². The van der Waals surface area contributed by atoms with Gasteiger partial charge in [-0.05, 0) is 180 Å². The molecule has 1 N–H and O–H groups in total. The largest absolute Gasteiger partial charge is 0.476 e. The van der Waals surface area contributed by atoms with Gasteiger partial charge < -0.3 is 5.11 Å². The van der Waals surface area contributed by atoms with Crippen LogP contribution in [-0.4, -0.2) is 87.9 Å². The fourth-order valence-electron chi connectivity index (χ4n) is 15.7. The molecule has 3 atom stereocenters. The van der Waals surface area contributed by atoms with Crippen molar-refractivity contribution in [1.82, 2.24) is 47.8 Å². The molecule has 20 rings (SSSR count). The van der Waals surface area contributed by atoms with Crippen LogP contribution in [0.4, 0.5) is 22.0 Å². The predicted molar refractivity (Wildman–Crippen MR) is 450 cm³/mol. The number of halogens is 10. The molecule has 5 aromatic heterocycles. The number of aliphatic imine (C=N–C) groups is 5. The molecule has 0 amide bonds. The smallest absolute Gasteiger partial charge is 0.356 e. The van der Waals surface area contributed by atoms with Crippen LogP contribution in [0.1, 0.15) is 142 Å². The average Bonchev–Trinajstić information content (AvgIpc) is 1.58. The summed E-state index contributed by atoms with van der Waals surface area (Å²) >= 11 is 31.7. The van der Waals surface area contributed by atoms with Crippen LogP contribution in [-0.2, 0) is 13.1 Å². The standard InChI is InChI=1S/C36H24Cl2F2N6.C19H13ClFN3O2.2C18H13ClFN3/c1-19-41-17-31-35(43-33(23-7-3-5-9-27(23)39)25-15-21(37)11-13-29(25)45(19)31)36-32-18-42-20(2)46(32)30-14-12-22(38)16-26(30)34(44-36)24-8-4-6-10-28(24)40;1-10-23-18(19(25)26)16-9-22-17(12-4-2-3-5-14(12)21)13-8-11(20)6-7-15(13)24(10)16;2*1-11-21-9-13-10-22-18(14-4-2-3-5-16(14)20)15-8-12(19)6-7-17(15)23(11)13/h3-18,35-36H,1-2H3;2-8H,9H2,1H3,(H,25,26);2-9H,10H2,1H3;2-10,18H,1H3.